The minimum absolute atomic E-state index is 0.851. The number of hydrogen-bond acceptors (Lipinski definition) is 2. The van der Waals surface area contributed by atoms with Gasteiger partial charge < -0.3 is 0 Å². The Morgan fingerprint density at radius 1 is 1.47 bits per heavy atom. The van der Waals surface area contributed by atoms with E-state index in [2.05, 4.69) is 41.9 Å². The van der Waals surface area contributed by atoms with Crippen molar-refractivity contribution < 1.29 is 0 Å². The third kappa shape index (κ3) is 3.03. The van der Waals surface area contributed by atoms with Crippen LogP contribution >= 0.6 is 0 Å². The van der Waals surface area contributed by atoms with Crippen molar-refractivity contribution in [2.45, 2.75) is 33.2 Å². The van der Waals surface area contributed by atoms with Crippen molar-refractivity contribution in [3.05, 3.63) is 29.6 Å². The Morgan fingerprint density at radius 2 is 2.33 bits per heavy atom. The van der Waals surface area contributed by atoms with Crippen LogP contribution in [0.2, 0.25) is 0 Å². The number of aryl methyl sites for hydroxylation is 1. The normalized spacial score (nSPS) is 22.9. The summed E-state index contributed by atoms with van der Waals surface area (Å²) >= 11 is 0. The van der Waals surface area contributed by atoms with Crippen molar-refractivity contribution in [2.75, 3.05) is 13.1 Å². The lowest BCUT2D eigenvalue weighted by molar-refractivity contribution is 0.175. The van der Waals surface area contributed by atoms with Gasteiger partial charge in [0, 0.05) is 18.8 Å². The van der Waals surface area contributed by atoms with Crippen LogP contribution in [0.15, 0.2) is 18.2 Å². The SMILES string of the molecule is Cc1cccc(CN2CCC[C@@H](C)C2)n1. The van der Waals surface area contributed by atoms with Crippen LogP contribution in [0, 0.1) is 12.8 Å². The van der Waals surface area contributed by atoms with Gasteiger partial charge in [-0.25, -0.2) is 0 Å². The Labute approximate surface area is 92.3 Å². The number of hydrogen-bond donors (Lipinski definition) is 0. The zero-order valence-corrected chi connectivity index (χ0v) is 9.74. The summed E-state index contributed by atoms with van der Waals surface area (Å²) in [6.45, 7) is 7.89. The third-order valence-electron chi connectivity index (χ3n) is 3.07. The molecule has 2 rings (SSSR count). The van der Waals surface area contributed by atoms with Crippen LogP contribution in [0.4, 0.5) is 0 Å². The van der Waals surface area contributed by atoms with E-state index in [-0.39, 0.29) is 0 Å². The number of piperidine rings is 1. The average molecular weight is 204 g/mol. The second-order valence-corrected chi connectivity index (χ2v) is 4.75. The monoisotopic (exact) mass is 204 g/mol. The maximum atomic E-state index is 4.55. The van der Waals surface area contributed by atoms with E-state index in [1.807, 2.05) is 0 Å². The standard InChI is InChI=1S/C13H20N2/c1-11-5-4-8-15(9-11)10-13-7-3-6-12(2)14-13/h3,6-7,11H,4-5,8-10H2,1-2H3/t11-/m1/s1. The van der Waals surface area contributed by atoms with E-state index in [1.54, 1.807) is 0 Å². The van der Waals surface area contributed by atoms with Gasteiger partial charge in [-0.05, 0) is 44.4 Å². The van der Waals surface area contributed by atoms with Crippen molar-refractivity contribution >= 4 is 0 Å². The van der Waals surface area contributed by atoms with Crippen molar-refractivity contribution in [3.63, 3.8) is 0 Å². The Morgan fingerprint density at radius 3 is 3.07 bits per heavy atom. The molecular formula is C13H20N2. The summed E-state index contributed by atoms with van der Waals surface area (Å²) in [4.78, 5) is 7.07. The Bertz CT molecular complexity index is 322. The van der Waals surface area contributed by atoms with Gasteiger partial charge in [-0.1, -0.05) is 13.0 Å². The molecule has 0 unspecified atom stereocenters. The fraction of sp³-hybridized carbons (Fsp3) is 0.615. The highest BCUT2D eigenvalue weighted by Gasteiger charge is 2.16. The van der Waals surface area contributed by atoms with Gasteiger partial charge in [0.25, 0.3) is 0 Å². The molecule has 1 aliphatic heterocycles. The maximum absolute atomic E-state index is 4.55. The van der Waals surface area contributed by atoms with Gasteiger partial charge in [0.05, 0.1) is 5.69 Å². The molecule has 0 N–H and O–H groups in total. The van der Waals surface area contributed by atoms with Gasteiger partial charge in [0.2, 0.25) is 0 Å². The van der Waals surface area contributed by atoms with E-state index in [4.69, 9.17) is 0 Å². The topological polar surface area (TPSA) is 16.1 Å². The van der Waals surface area contributed by atoms with Gasteiger partial charge >= 0.3 is 0 Å². The molecule has 0 saturated carbocycles. The van der Waals surface area contributed by atoms with Gasteiger partial charge in [0.1, 0.15) is 0 Å². The van der Waals surface area contributed by atoms with Crippen LogP contribution < -0.4 is 0 Å². The molecule has 2 heteroatoms. The van der Waals surface area contributed by atoms with Gasteiger partial charge in [0.15, 0.2) is 0 Å². The molecule has 1 atom stereocenters. The molecule has 0 amide bonds. The summed E-state index contributed by atoms with van der Waals surface area (Å²) < 4.78 is 0. The lowest BCUT2D eigenvalue weighted by Gasteiger charge is -2.30. The summed E-state index contributed by atoms with van der Waals surface area (Å²) in [5.41, 5.74) is 2.33. The molecule has 1 saturated heterocycles. The second kappa shape index (κ2) is 4.75. The van der Waals surface area contributed by atoms with Gasteiger partial charge in [-0.2, -0.15) is 0 Å². The third-order valence-corrected chi connectivity index (χ3v) is 3.07. The zero-order chi connectivity index (χ0) is 10.7. The number of rotatable bonds is 2. The van der Waals surface area contributed by atoms with E-state index in [0.717, 1.165) is 18.2 Å². The summed E-state index contributed by atoms with van der Waals surface area (Å²) in [6, 6.07) is 6.29. The van der Waals surface area contributed by atoms with Gasteiger partial charge in [-0.3, -0.25) is 9.88 Å². The zero-order valence-electron chi connectivity index (χ0n) is 9.74. The van der Waals surface area contributed by atoms with Crippen LogP contribution in [0.5, 0.6) is 0 Å². The van der Waals surface area contributed by atoms with Crippen LogP contribution in [0.25, 0.3) is 0 Å². The first-order chi connectivity index (χ1) is 7.24. The van der Waals surface area contributed by atoms with Crippen LogP contribution in [0.3, 0.4) is 0 Å². The molecule has 0 spiro atoms. The summed E-state index contributed by atoms with van der Waals surface area (Å²) in [7, 11) is 0. The maximum Gasteiger partial charge on any atom is 0.0547 e. The number of pyridine rings is 1. The van der Waals surface area contributed by atoms with Crippen LogP contribution in [-0.4, -0.2) is 23.0 Å². The average Bonchev–Trinajstić information content (AvgIpc) is 2.17. The molecule has 0 bridgehead atoms. The number of nitrogens with zero attached hydrogens (tertiary/aromatic N) is 2. The molecule has 1 fully saturated rings. The molecule has 15 heavy (non-hydrogen) atoms. The Kier molecular flexibility index (Phi) is 3.37. The quantitative estimate of drug-likeness (QED) is 0.736. The number of aromatic nitrogens is 1. The second-order valence-electron chi connectivity index (χ2n) is 4.75. The van der Waals surface area contributed by atoms with Crippen molar-refractivity contribution in [3.8, 4) is 0 Å². The van der Waals surface area contributed by atoms with E-state index in [9.17, 15) is 0 Å². The molecule has 2 heterocycles. The predicted molar refractivity (Wildman–Crippen MR) is 62.6 cm³/mol. The molecule has 1 aromatic heterocycles. The van der Waals surface area contributed by atoms with E-state index in [1.165, 1.54) is 31.6 Å². The summed E-state index contributed by atoms with van der Waals surface area (Å²) in [5.74, 6) is 0.851. The molecular weight excluding hydrogens is 184 g/mol. The Balaban J connectivity index is 1.96. The van der Waals surface area contributed by atoms with Crippen LogP contribution in [-0.2, 0) is 6.54 Å². The smallest absolute Gasteiger partial charge is 0.0547 e. The first-order valence-corrected chi connectivity index (χ1v) is 5.89. The minimum Gasteiger partial charge on any atom is -0.297 e. The van der Waals surface area contributed by atoms with Crippen molar-refractivity contribution in [1.82, 2.24) is 9.88 Å². The van der Waals surface area contributed by atoms with Gasteiger partial charge in [-0.15, -0.1) is 0 Å². The molecule has 1 aromatic rings. The highest BCUT2D eigenvalue weighted by atomic mass is 15.1. The Hall–Kier alpha value is -0.890. The van der Waals surface area contributed by atoms with E-state index < -0.39 is 0 Å². The molecule has 1 aliphatic rings. The highest BCUT2D eigenvalue weighted by molar-refractivity contribution is 5.09. The van der Waals surface area contributed by atoms with E-state index >= 15 is 0 Å². The highest BCUT2D eigenvalue weighted by Crippen LogP contribution is 2.17. The first kappa shape index (κ1) is 10.6. The molecule has 0 aromatic carbocycles. The lowest BCUT2D eigenvalue weighted by atomic mass is 10.0. The largest absolute Gasteiger partial charge is 0.297 e. The molecule has 0 radical (unpaired) electrons. The fourth-order valence-corrected chi connectivity index (χ4v) is 2.35. The molecule has 0 aliphatic carbocycles. The first-order valence-electron chi connectivity index (χ1n) is 5.89. The lowest BCUT2D eigenvalue weighted by Crippen LogP contribution is -2.33. The van der Waals surface area contributed by atoms with E-state index in [0.29, 0.717) is 0 Å². The van der Waals surface area contributed by atoms with Crippen molar-refractivity contribution in [1.29, 1.82) is 0 Å². The fourth-order valence-electron chi connectivity index (χ4n) is 2.35. The molecule has 82 valence electrons. The van der Waals surface area contributed by atoms with Crippen LogP contribution in [0.1, 0.15) is 31.2 Å². The minimum atomic E-state index is 0.851. The molecule has 2 nitrogen and oxygen atoms in total. The number of likely N-dealkylation sites (tertiary alicyclic amines) is 1. The van der Waals surface area contributed by atoms with Crippen molar-refractivity contribution in [2.24, 2.45) is 5.92 Å². The summed E-state index contributed by atoms with van der Waals surface area (Å²) in [6.07, 6.45) is 2.73. The predicted octanol–water partition coefficient (Wildman–Crippen LogP) is 2.62. The summed E-state index contributed by atoms with van der Waals surface area (Å²) in [5, 5.41) is 0.